The highest BCUT2D eigenvalue weighted by atomic mass is 16.5. The van der Waals surface area contributed by atoms with Crippen LogP contribution in [0.2, 0.25) is 0 Å². The Morgan fingerprint density at radius 2 is 1.57 bits per heavy atom. The molecule has 0 aliphatic carbocycles. The van der Waals surface area contributed by atoms with Crippen molar-refractivity contribution in [3.8, 4) is 34.3 Å². The van der Waals surface area contributed by atoms with E-state index in [0.717, 1.165) is 0 Å². The van der Waals surface area contributed by atoms with E-state index in [0.29, 0.717) is 37.4 Å². The Morgan fingerprint density at radius 3 is 2.24 bits per heavy atom. The van der Waals surface area contributed by atoms with Crippen molar-refractivity contribution >= 4 is 16.9 Å². The zero-order valence-corrected chi connectivity index (χ0v) is 19.8. The molecule has 1 aliphatic heterocycles. The van der Waals surface area contributed by atoms with Gasteiger partial charge in [0, 0.05) is 42.6 Å². The molecule has 4 N–H and O–H groups in total. The number of hydrogen-bond donors (Lipinski definition) is 4. The molecular weight excluding hydrogens is 478 g/mol. The van der Waals surface area contributed by atoms with Crippen LogP contribution in [-0.2, 0) is 9.53 Å². The van der Waals surface area contributed by atoms with Gasteiger partial charge in [-0.05, 0) is 17.7 Å². The Labute approximate surface area is 211 Å². The van der Waals surface area contributed by atoms with E-state index >= 15 is 0 Å². The number of carbonyl (C=O) groups is 1. The number of phenols is 4. The number of rotatable bonds is 5. The van der Waals surface area contributed by atoms with Gasteiger partial charge in [0.1, 0.15) is 22.5 Å². The fraction of sp³-hybridized carbons (Fsp3) is 0.214. The largest absolute Gasteiger partial charge is 0.508 e. The molecule has 9 nitrogen and oxygen atoms in total. The molecule has 190 valence electrons. The van der Waals surface area contributed by atoms with Crippen LogP contribution in [0.5, 0.6) is 23.0 Å². The number of morpholine rings is 1. The molecule has 9 heteroatoms. The van der Waals surface area contributed by atoms with Gasteiger partial charge in [-0.1, -0.05) is 42.5 Å². The van der Waals surface area contributed by atoms with Crippen LogP contribution >= 0.6 is 0 Å². The molecule has 0 bridgehead atoms. The van der Waals surface area contributed by atoms with E-state index < -0.39 is 28.6 Å². The van der Waals surface area contributed by atoms with Gasteiger partial charge < -0.3 is 34.5 Å². The standard InChI is InChI=1S/C28H25NO8/c30-18-8-6-16(7-9-18)19(14-22(32)29-10-12-36-13-11-29)23-25(33)27(35)26(34)24-20(31)15-21(37-28(23)24)17-4-2-1-3-5-17/h1-9,15,19,30,33-35H,10-14H2. The summed E-state index contributed by atoms with van der Waals surface area (Å²) >= 11 is 0. The van der Waals surface area contributed by atoms with Crippen LogP contribution in [0.4, 0.5) is 0 Å². The molecule has 1 atom stereocenters. The number of fused-ring (bicyclic) bond motifs is 1. The second-order valence-electron chi connectivity index (χ2n) is 8.85. The normalized spacial score (nSPS) is 14.5. The zero-order valence-electron chi connectivity index (χ0n) is 19.8. The van der Waals surface area contributed by atoms with Gasteiger partial charge in [-0.25, -0.2) is 0 Å². The first-order valence-corrected chi connectivity index (χ1v) is 11.8. The van der Waals surface area contributed by atoms with E-state index in [1.807, 2.05) is 6.07 Å². The molecular formula is C28H25NO8. The molecule has 1 aliphatic rings. The Bertz CT molecular complexity index is 1510. The number of ether oxygens (including phenoxy) is 1. The van der Waals surface area contributed by atoms with E-state index in [9.17, 15) is 30.0 Å². The second kappa shape index (κ2) is 9.87. The molecule has 4 aromatic rings. The van der Waals surface area contributed by atoms with Crippen molar-refractivity contribution in [2.75, 3.05) is 26.3 Å². The topological polar surface area (TPSA) is 141 Å². The Kier molecular flexibility index (Phi) is 6.45. The predicted octanol–water partition coefficient (Wildman–Crippen LogP) is 3.66. The van der Waals surface area contributed by atoms with Crippen molar-refractivity contribution in [3.63, 3.8) is 0 Å². The lowest BCUT2D eigenvalue weighted by Gasteiger charge is -2.29. The SMILES string of the molecule is O=C(CC(c1ccc(O)cc1)c1c(O)c(O)c(O)c2c(=O)cc(-c3ccccc3)oc12)N1CCOCC1. The highest BCUT2D eigenvalue weighted by Gasteiger charge is 2.32. The van der Waals surface area contributed by atoms with Crippen LogP contribution in [0.3, 0.4) is 0 Å². The molecule has 1 saturated heterocycles. The van der Waals surface area contributed by atoms with Crippen molar-refractivity contribution in [1.82, 2.24) is 4.90 Å². The van der Waals surface area contributed by atoms with Gasteiger partial charge in [0.25, 0.3) is 0 Å². The number of benzene rings is 3. The summed E-state index contributed by atoms with van der Waals surface area (Å²) in [6, 6.07) is 16.1. The minimum Gasteiger partial charge on any atom is -0.508 e. The maximum absolute atomic E-state index is 13.3. The molecule has 37 heavy (non-hydrogen) atoms. The lowest BCUT2D eigenvalue weighted by Crippen LogP contribution is -2.41. The summed E-state index contributed by atoms with van der Waals surface area (Å²) in [6.45, 7) is 1.61. The number of phenolic OH excluding ortho intramolecular Hbond substituents is 4. The number of carbonyl (C=O) groups excluding carboxylic acids is 1. The van der Waals surface area contributed by atoms with E-state index in [2.05, 4.69) is 0 Å². The number of amides is 1. The molecule has 0 saturated carbocycles. The lowest BCUT2D eigenvalue weighted by molar-refractivity contribution is -0.135. The predicted molar refractivity (Wildman–Crippen MR) is 135 cm³/mol. The summed E-state index contributed by atoms with van der Waals surface area (Å²) < 4.78 is 11.4. The highest BCUT2D eigenvalue weighted by Crippen LogP contribution is 2.49. The zero-order chi connectivity index (χ0) is 26.1. The average Bonchev–Trinajstić information content (AvgIpc) is 2.92. The van der Waals surface area contributed by atoms with Crippen molar-refractivity contribution in [2.45, 2.75) is 12.3 Å². The van der Waals surface area contributed by atoms with Crippen LogP contribution in [0, 0.1) is 0 Å². The summed E-state index contributed by atoms with van der Waals surface area (Å²) in [5.74, 6) is -3.33. The summed E-state index contributed by atoms with van der Waals surface area (Å²) in [5.41, 5.74) is 0.316. The second-order valence-corrected chi connectivity index (χ2v) is 8.85. The third-order valence-electron chi connectivity index (χ3n) is 6.58. The monoisotopic (exact) mass is 503 g/mol. The fourth-order valence-corrected chi connectivity index (χ4v) is 4.65. The van der Waals surface area contributed by atoms with E-state index in [-0.39, 0.29) is 40.4 Å². The van der Waals surface area contributed by atoms with Crippen molar-refractivity contribution in [2.24, 2.45) is 0 Å². The van der Waals surface area contributed by atoms with Crippen LogP contribution in [-0.4, -0.2) is 57.5 Å². The third-order valence-corrected chi connectivity index (χ3v) is 6.58. The Balaban J connectivity index is 1.75. The minimum absolute atomic E-state index is 0.00235. The molecule has 1 aromatic heterocycles. The van der Waals surface area contributed by atoms with Crippen LogP contribution < -0.4 is 5.43 Å². The van der Waals surface area contributed by atoms with Crippen molar-refractivity contribution in [3.05, 3.63) is 82.0 Å². The first kappa shape index (κ1) is 24.2. The van der Waals surface area contributed by atoms with Gasteiger partial charge in [-0.2, -0.15) is 0 Å². The summed E-state index contributed by atoms with van der Waals surface area (Å²) in [7, 11) is 0. The Hall–Kier alpha value is -4.50. The Morgan fingerprint density at radius 1 is 0.892 bits per heavy atom. The van der Waals surface area contributed by atoms with E-state index in [1.54, 1.807) is 41.3 Å². The molecule has 5 rings (SSSR count). The number of nitrogens with zero attached hydrogens (tertiary/aromatic N) is 1. The summed E-state index contributed by atoms with van der Waals surface area (Å²) in [4.78, 5) is 28.1. The van der Waals surface area contributed by atoms with E-state index in [4.69, 9.17) is 9.15 Å². The smallest absolute Gasteiger partial charge is 0.223 e. The van der Waals surface area contributed by atoms with E-state index in [1.165, 1.54) is 18.2 Å². The summed E-state index contributed by atoms with van der Waals surface area (Å²) in [6.07, 6.45) is -0.142. The van der Waals surface area contributed by atoms with Gasteiger partial charge in [0.05, 0.1) is 13.2 Å². The van der Waals surface area contributed by atoms with Gasteiger partial charge in [0.15, 0.2) is 16.9 Å². The molecule has 1 fully saturated rings. The van der Waals surface area contributed by atoms with Gasteiger partial charge in [-0.15, -0.1) is 0 Å². The van der Waals surface area contributed by atoms with Gasteiger partial charge >= 0.3 is 0 Å². The number of hydrogen-bond acceptors (Lipinski definition) is 8. The van der Waals surface area contributed by atoms with Crippen molar-refractivity contribution < 1.29 is 34.4 Å². The third kappa shape index (κ3) is 4.56. The minimum atomic E-state index is -0.890. The van der Waals surface area contributed by atoms with Gasteiger partial charge in [-0.3, -0.25) is 9.59 Å². The highest BCUT2D eigenvalue weighted by molar-refractivity contribution is 5.94. The molecule has 2 heterocycles. The molecule has 0 radical (unpaired) electrons. The van der Waals surface area contributed by atoms with Gasteiger partial charge in [0.2, 0.25) is 11.7 Å². The maximum atomic E-state index is 13.3. The first-order chi connectivity index (χ1) is 17.8. The molecule has 3 aromatic carbocycles. The quantitative estimate of drug-likeness (QED) is 0.303. The van der Waals surface area contributed by atoms with Crippen LogP contribution in [0.25, 0.3) is 22.3 Å². The molecule has 1 amide bonds. The first-order valence-electron chi connectivity index (χ1n) is 11.8. The van der Waals surface area contributed by atoms with Crippen molar-refractivity contribution in [1.29, 1.82) is 0 Å². The maximum Gasteiger partial charge on any atom is 0.223 e. The fourth-order valence-electron chi connectivity index (χ4n) is 4.65. The summed E-state index contributed by atoms with van der Waals surface area (Å²) in [5, 5.41) is 41.8. The van der Waals surface area contributed by atoms with Crippen LogP contribution in [0.1, 0.15) is 23.5 Å². The van der Waals surface area contributed by atoms with Crippen LogP contribution in [0.15, 0.2) is 69.9 Å². The molecule has 0 spiro atoms. The lowest BCUT2D eigenvalue weighted by atomic mass is 9.85. The molecule has 1 unspecified atom stereocenters. The average molecular weight is 504 g/mol. The number of aromatic hydroxyl groups is 4.